The summed E-state index contributed by atoms with van der Waals surface area (Å²) in [6.45, 7) is 0.601. The van der Waals surface area contributed by atoms with E-state index in [1.807, 2.05) is 12.1 Å². The highest BCUT2D eigenvalue weighted by molar-refractivity contribution is 6.39. The summed E-state index contributed by atoms with van der Waals surface area (Å²) in [6.07, 6.45) is 0. The fourth-order valence-corrected chi connectivity index (χ4v) is 2.00. The molecule has 2 N–H and O–H groups in total. The van der Waals surface area contributed by atoms with E-state index in [-0.39, 0.29) is 5.75 Å². The maximum Gasteiger partial charge on any atom is 0.115 e. The van der Waals surface area contributed by atoms with Crippen molar-refractivity contribution in [2.75, 3.05) is 5.32 Å². The van der Waals surface area contributed by atoms with Gasteiger partial charge in [0.25, 0.3) is 0 Å². The Morgan fingerprint density at radius 1 is 0.941 bits per heavy atom. The molecule has 0 aliphatic carbocycles. The molecule has 0 saturated carbocycles. The molecule has 0 fully saturated rings. The summed E-state index contributed by atoms with van der Waals surface area (Å²) in [7, 11) is 0. The molecule has 88 valence electrons. The Morgan fingerprint density at radius 2 is 1.53 bits per heavy atom. The number of hydrogen-bond acceptors (Lipinski definition) is 2. The lowest BCUT2D eigenvalue weighted by molar-refractivity contribution is 0.475. The van der Waals surface area contributed by atoms with Gasteiger partial charge < -0.3 is 10.4 Å². The fraction of sp³-hybridized carbons (Fsp3) is 0.0769. The second-order valence-electron chi connectivity index (χ2n) is 3.62. The highest BCUT2D eigenvalue weighted by Gasteiger charge is 2.04. The number of benzene rings is 2. The van der Waals surface area contributed by atoms with Gasteiger partial charge in [0, 0.05) is 6.54 Å². The molecule has 2 aromatic carbocycles. The van der Waals surface area contributed by atoms with Gasteiger partial charge in [-0.3, -0.25) is 0 Å². The van der Waals surface area contributed by atoms with Crippen LogP contribution in [0.15, 0.2) is 42.5 Å². The topological polar surface area (TPSA) is 32.3 Å². The van der Waals surface area contributed by atoms with E-state index in [9.17, 15) is 0 Å². The van der Waals surface area contributed by atoms with Crippen molar-refractivity contribution in [2.24, 2.45) is 0 Å². The van der Waals surface area contributed by atoms with E-state index in [1.54, 1.807) is 30.3 Å². The molecule has 0 bridgehead atoms. The summed E-state index contributed by atoms with van der Waals surface area (Å²) in [5, 5.41) is 13.5. The Hall–Kier alpha value is -1.38. The van der Waals surface area contributed by atoms with Crippen molar-refractivity contribution in [1.29, 1.82) is 0 Å². The fourth-order valence-electron chi connectivity index (χ4n) is 1.47. The zero-order valence-electron chi connectivity index (χ0n) is 8.95. The third-order valence-electron chi connectivity index (χ3n) is 2.37. The van der Waals surface area contributed by atoms with Crippen LogP contribution in [-0.4, -0.2) is 5.11 Å². The normalized spacial score (nSPS) is 10.2. The van der Waals surface area contributed by atoms with E-state index in [4.69, 9.17) is 28.3 Å². The molecule has 0 spiro atoms. The molecule has 0 radical (unpaired) electrons. The molecular formula is C13H11Cl2NO. The smallest absolute Gasteiger partial charge is 0.115 e. The molecule has 0 saturated heterocycles. The molecule has 0 aromatic heterocycles. The molecule has 4 heteroatoms. The number of halogens is 2. The van der Waals surface area contributed by atoms with E-state index < -0.39 is 0 Å². The Kier molecular flexibility index (Phi) is 3.77. The molecule has 0 aliphatic heterocycles. The van der Waals surface area contributed by atoms with Gasteiger partial charge >= 0.3 is 0 Å². The largest absolute Gasteiger partial charge is 0.508 e. The van der Waals surface area contributed by atoms with E-state index in [0.29, 0.717) is 16.6 Å². The molecule has 0 amide bonds. The predicted octanol–water partition coefficient (Wildman–Crippen LogP) is 4.31. The number of rotatable bonds is 3. The van der Waals surface area contributed by atoms with Crippen molar-refractivity contribution in [1.82, 2.24) is 0 Å². The summed E-state index contributed by atoms with van der Waals surface area (Å²) >= 11 is 12.1. The average molecular weight is 268 g/mol. The Labute approximate surface area is 110 Å². The monoisotopic (exact) mass is 267 g/mol. The lowest BCUT2D eigenvalue weighted by Crippen LogP contribution is -2.00. The summed E-state index contributed by atoms with van der Waals surface area (Å²) in [6, 6.07) is 12.3. The van der Waals surface area contributed by atoms with Crippen LogP contribution in [0, 0.1) is 0 Å². The molecule has 0 heterocycles. The van der Waals surface area contributed by atoms with Gasteiger partial charge in [0.2, 0.25) is 0 Å². The first-order valence-corrected chi connectivity index (χ1v) is 5.88. The van der Waals surface area contributed by atoms with Crippen molar-refractivity contribution < 1.29 is 5.11 Å². The number of hydrogen-bond donors (Lipinski definition) is 2. The SMILES string of the molecule is Oc1ccc(CNc2c(Cl)cccc2Cl)cc1. The lowest BCUT2D eigenvalue weighted by atomic mass is 10.2. The Morgan fingerprint density at radius 3 is 2.12 bits per heavy atom. The molecule has 0 atom stereocenters. The van der Waals surface area contributed by atoms with Crippen LogP contribution in [0.1, 0.15) is 5.56 Å². The predicted molar refractivity (Wildman–Crippen MR) is 71.9 cm³/mol. The van der Waals surface area contributed by atoms with Crippen LogP contribution in [0.4, 0.5) is 5.69 Å². The molecule has 0 unspecified atom stereocenters. The highest BCUT2D eigenvalue weighted by atomic mass is 35.5. The molecule has 0 aliphatic rings. The van der Waals surface area contributed by atoms with Gasteiger partial charge in [-0.15, -0.1) is 0 Å². The molecule has 2 aromatic rings. The Bertz CT molecular complexity index is 491. The van der Waals surface area contributed by atoms with Crippen LogP contribution in [-0.2, 0) is 6.54 Å². The van der Waals surface area contributed by atoms with Gasteiger partial charge in [-0.05, 0) is 29.8 Å². The number of nitrogens with one attached hydrogen (secondary N) is 1. The zero-order chi connectivity index (χ0) is 12.3. The maximum atomic E-state index is 9.17. The number of para-hydroxylation sites is 1. The third kappa shape index (κ3) is 3.05. The van der Waals surface area contributed by atoms with Gasteiger partial charge in [-0.2, -0.15) is 0 Å². The van der Waals surface area contributed by atoms with Crippen LogP contribution < -0.4 is 5.32 Å². The van der Waals surface area contributed by atoms with E-state index in [2.05, 4.69) is 5.32 Å². The van der Waals surface area contributed by atoms with Gasteiger partial charge in [0.15, 0.2) is 0 Å². The van der Waals surface area contributed by atoms with Crippen molar-refractivity contribution in [3.63, 3.8) is 0 Å². The highest BCUT2D eigenvalue weighted by Crippen LogP contribution is 2.30. The number of phenols is 1. The molecular weight excluding hydrogens is 257 g/mol. The molecule has 2 rings (SSSR count). The van der Waals surface area contributed by atoms with E-state index in [1.165, 1.54) is 0 Å². The minimum atomic E-state index is 0.254. The van der Waals surface area contributed by atoms with Gasteiger partial charge in [0.1, 0.15) is 5.75 Å². The first kappa shape index (κ1) is 12.1. The van der Waals surface area contributed by atoms with Crippen LogP contribution in [0.3, 0.4) is 0 Å². The lowest BCUT2D eigenvalue weighted by Gasteiger charge is -2.10. The summed E-state index contributed by atoms with van der Waals surface area (Å²) < 4.78 is 0. The first-order chi connectivity index (χ1) is 8.16. The van der Waals surface area contributed by atoms with Crippen molar-refractivity contribution in [3.05, 3.63) is 58.1 Å². The molecule has 2 nitrogen and oxygen atoms in total. The quantitative estimate of drug-likeness (QED) is 0.869. The van der Waals surface area contributed by atoms with Crippen molar-refractivity contribution in [3.8, 4) is 5.75 Å². The van der Waals surface area contributed by atoms with E-state index >= 15 is 0 Å². The third-order valence-corrected chi connectivity index (χ3v) is 3.00. The van der Waals surface area contributed by atoms with Gasteiger partial charge in [-0.25, -0.2) is 0 Å². The summed E-state index contributed by atoms with van der Waals surface area (Å²) in [4.78, 5) is 0. The van der Waals surface area contributed by atoms with Crippen molar-refractivity contribution in [2.45, 2.75) is 6.54 Å². The van der Waals surface area contributed by atoms with Crippen molar-refractivity contribution >= 4 is 28.9 Å². The number of aromatic hydroxyl groups is 1. The second kappa shape index (κ2) is 5.30. The Balaban J connectivity index is 2.10. The molecule has 17 heavy (non-hydrogen) atoms. The standard InChI is InChI=1S/C13H11Cl2NO/c14-11-2-1-3-12(15)13(11)16-8-9-4-6-10(17)7-5-9/h1-7,16-17H,8H2. The minimum absolute atomic E-state index is 0.254. The zero-order valence-corrected chi connectivity index (χ0v) is 10.5. The first-order valence-electron chi connectivity index (χ1n) is 5.12. The second-order valence-corrected chi connectivity index (χ2v) is 4.43. The van der Waals surface area contributed by atoms with Crippen LogP contribution >= 0.6 is 23.2 Å². The van der Waals surface area contributed by atoms with Crippen LogP contribution in [0.2, 0.25) is 10.0 Å². The summed E-state index contributed by atoms with van der Waals surface area (Å²) in [5.41, 5.74) is 1.77. The van der Waals surface area contributed by atoms with Gasteiger partial charge in [-0.1, -0.05) is 41.4 Å². The number of anilines is 1. The van der Waals surface area contributed by atoms with E-state index in [0.717, 1.165) is 11.3 Å². The van der Waals surface area contributed by atoms with Gasteiger partial charge in [0.05, 0.1) is 15.7 Å². The minimum Gasteiger partial charge on any atom is -0.508 e. The summed E-state index contributed by atoms with van der Waals surface area (Å²) in [5.74, 6) is 0.254. The number of phenolic OH excluding ortho intramolecular Hbond substituents is 1. The maximum absolute atomic E-state index is 9.17. The van der Waals surface area contributed by atoms with Crippen LogP contribution in [0.25, 0.3) is 0 Å². The average Bonchev–Trinajstić information content (AvgIpc) is 2.31. The van der Waals surface area contributed by atoms with Crippen LogP contribution in [0.5, 0.6) is 5.75 Å².